The third-order valence-electron chi connectivity index (χ3n) is 4.38. The molecular formula is C18H21F2N3O. The molecule has 2 atom stereocenters. The van der Waals surface area contributed by atoms with E-state index in [9.17, 15) is 13.6 Å². The highest BCUT2D eigenvalue weighted by Gasteiger charge is 2.45. The van der Waals surface area contributed by atoms with Crippen molar-refractivity contribution in [1.29, 1.82) is 0 Å². The molecule has 1 aliphatic carbocycles. The summed E-state index contributed by atoms with van der Waals surface area (Å²) < 4.78 is 28.9. The van der Waals surface area contributed by atoms with Gasteiger partial charge in [-0.3, -0.25) is 9.48 Å². The molecule has 0 saturated heterocycles. The molecule has 1 aliphatic rings. The van der Waals surface area contributed by atoms with E-state index in [1.54, 1.807) is 6.07 Å². The minimum Gasteiger partial charge on any atom is -0.355 e. The highest BCUT2D eigenvalue weighted by atomic mass is 19.2. The molecule has 1 N–H and O–H groups in total. The van der Waals surface area contributed by atoms with Crippen molar-refractivity contribution >= 4 is 5.91 Å². The fourth-order valence-corrected chi connectivity index (χ4v) is 2.88. The Kier molecular flexibility index (Phi) is 4.64. The number of amides is 1. The second-order valence-electron chi connectivity index (χ2n) is 6.51. The number of hydrogen-bond donors (Lipinski definition) is 1. The lowest BCUT2D eigenvalue weighted by molar-refractivity contribution is -0.122. The monoisotopic (exact) mass is 333 g/mol. The van der Waals surface area contributed by atoms with Crippen molar-refractivity contribution in [3.8, 4) is 0 Å². The van der Waals surface area contributed by atoms with Gasteiger partial charge in [0.1, 0.15) is 0 Å². The molecule has 128 valence electrons. The number of aromatic nitrogens is 2. The summed E-state index contributed by atoms with van der Waals surface area (Å²) in [5, 5.41) is 7.29. The van der Waals surface area contributed by atoms with Crippen LogP contribution in [0.3, 0.4) is 0 Å². The van der Waals surface area contributed by atoms with Gasteiger partial charge in [-0.1, -0.05) is 12.1 Å². The Balaban J connectivity index is 1.49. The molecule has 1 heterocycles. The summed E-state index contributed by atoms with van der Waals surface area (Å²) in [7, 11) is 0. The first-order chi connectivity index (χ1) is 11.5. The predicted molar refractivity (Wildman–Crippen MR) is 86.5 cm³/mol. The Morgan fingerprint density at radius 2 is 2.17 bits per heavy atom. The standard InChI is InChI=1S/C18H21F2N3O/c1-11(2)23-9-7-12(22-23)6-8-21-18(24)15-10-14(15)13-4-3-5-16(19)17(13)20/h3-5,7,9,11,14-15H,6,8,10H2,1-2H3,(H,21,24). The van der Waals surface area contributed by atoms with Crippen molar-refractivity contribution < 1.29 is 13.6 Å². The highest BCUT2D eigenvalue weighted by molar-refractivity contribution is 5.82. The van der Waals surface area contributed by atoms with Gasteiger partial charge in [0.25, 0.3) is 0 Å². The summed E-state index contributed by atoms with van der Waals surface area (Å²) in [5.41, 5.74) is 1.22. The molecule has 2 unspecified atom stereocenters. The Morgan fingerprint density at radius 1 is 1.38 bits per heavy atom. The predicted octanol–water partition coefficient (Wildman–Crippen LogP) is 3.20. The number of carbonyl (C=O) groups is 1. The molecular weight excluding hydrogens is 312 g/mol. The van der Waals surface area contributed by atoms with Gasteiger partial charge in [0.05, 0.1) is 5.69 Å². The topological polar surface area (TPSA) is 46.9 Å². The first-order valence-electron chi connectivity index (χ1n) is 8.23. The van der Waals surface area contributed by atoms with Crippen LogP contribution in [0.4, 0.5) is 8.78 Å². The molecule has 1 saturated carbocycles. The molecule has 0 spiro atoms. The smallest absolute Gasteiger partial charge is 0.223 e. The minimum absolute atomic E-state index is 0.105. The van der Waals surface area contributed by atoms with Crippen LogP contribution in [-0.4, -0.2) is 22.2 Å². The molecule has 0 radical (unpaired) electrons. The molecule has 1 aromatic carbocycles. The van der Waals surface area contributed by atoms with E-state index in [2.05, 4.69) is 24.3 Å². The zero-order valence-electron chi connectivity index (χ0n) is 13.8. The van der Waals surface area contributed by atoms with Gasteiger partial charge in [-0.05, 0) is 43.9 Å². The first-order valence-corrected chi connectivity index (χ1v) is 8.23. The van der Waals surface area contributed by atoms with Crippen LogP contribution in [0.25, 0.3) is 0 Å². The number of benzene rings is 1. The number of hydrogen-bond acceptors (Lipinski definition) is 2. The highest BCUT2D eigenvalue weighted by Crippen LogP contribution is 2.48. The maximum absolute atomic E-state index is 13.8. The Bertz CT molecular complexity index is 742. The molecule has 3 rings (SSSR count). The van der Waals surface area contributed by atoms with E-state index in [0.29, 0.717) is 31.0 Å². The van der Waals surface area contributed by atoms with E-state index >= 15 is 0 Å². The van der Waals surface area contributed by atoms with Crippen LogP contribution >= 0.6 is 0 Å². The van der Waals surface area contributed by atoms with Crippen LogP contribution in [0.5, 0.6) is 0 Å². The fourth-order valence-electron chi connectivity index (χ4n) is 2.88. The van der Waals surface area contributed by atoms with E-state index in [4.69, 9.17) is 0 Å². The summed E-state index contributed by atoms with van der Waals surface area (Å²) in [6, 6.07) is 6.36. The van der Waals surface area contributed by atoms with Gasteiger partial charge >= 0.3 is 0 Å². The average molecular weight is 333 g/mol. The van der Waals surface area contributed by atoms with Crippen LogP contribution in [-0.2, 0) is 11.2 Å². The van der Waals surface area contributed by atoms with Crippen LogP contribution in [0, 0.1) is 17.6 Å². The first kappa shape index (κ1) is 16.6. The number of carbonyl (C=O) groups excluding carboxylic acids is 1. The number of rotatable bonds is 6. The van der Waals surface area contributed by atoms with Gasteiger partial charge in [0, 0.05) is 31.1 Å². The SMILES string of the molecule is CC(C)n1ccc(CCNC(=O)C2CC2c2cccc(F)c2F)n1. The van der Waals surface area contributed by atoms with E-state index < -0.39 is 11.6 Å². The second-order valence-corrected chi connectivity index (χ2v) is 6.51. The van der Waals surface area contributed by atoms with Gasteiger partial charge in [-0.25, -0.2) is 8.78 Å². The van der Waals surface area contributed by atoms with Gasteiger partial charge in [0.15, 0.2) is 11.6 Å². The van der Waals surface area contributed by atoms with Gasteiger partial charge in [0.2, 0.25) is 5.91 Å². The summed E-state index contributed by atoms with van der Waals surface area (Å²) in [4.78, 5) is 12.1. The van der Waals surface area contributed by atoms with Crippen molar-refractivity contribution in [3.63, 3.8) is 0 Å². The van der Waals surface area contributed by atoms with Crippen molar-refractivity contribution in [1.82, 2.24) is 15.1 Å². The van der Waals surface area contributed by atoms with Crippen molar-refractivity contribution in [3.05, 3.63) is 53.4 Å². The van der Waals surface area contributed by atoms with Gasteiger partial charge in [-0.15, -0.1) is 0 Å². The zero-order chi connectivity index (χ0) is 17.3. The molecule has 1 fully saturated rings. The van der Waals surface area contributed by atoms with E-state index in [-0.39, 0.29) is 17.7 Å². The summed E-state index contributed by atoms with van der Waals surface area (Å²) in [5.74, 6) is -2.29. The van der Waals surface area contributed by atoms with Crippen molar-refractivity contribution in [2.75, 3.05) is 6.54 Å². The lowest BCUT2D eigenvalue weighted by Crippen LogP contribution is -2.27. The zero-order valence-corrected chi connectivity index (χ0v) is 13.8. The van der Waals surface area contributed by atoms with E-state index in [1.165, 1.54) is 6.07 Å². The second kappa shape index (κ2) is 6.71. The number of nitrogens with zero attached hydrogens (tertiary/aromatic N) is 2. The lowest BCUT2D eigenvalue weighted by Gasteiger charge is -2.06. The minimum atomic E-state index is -0.862. The van der Waals surface area contributed by atoms with Crippen LogP contribution in [0.2, 0.25) is 0 Å². The van der Waals surface area contributed by atoms with Crippen LogP contribution in [0.15, 0.2) is 30.5 Å². The van der Waals surface area contributed by atoms with Gasteiger partial charge < -0.3 is 5.32 Å². The van der Waals surface area contributed by atoms with E-state index in [1.807, 2.05) is 16.9 Å². The third kappa shape index (κ3) is 3.47. The molecule has 1 aromatic heterocycles. The van der Waals surface area contributed by atoms with E-state index in [0.717, 1.165) is 11.8 Å². The fraction of sp³-hybridized carbons (Fsp3) is 0.444. The lowest BCUT2D eigenvalue weighted by atomic mass is 10.1. The maximum Gasteiger partial charge on any atom is 0.223 e. The molecule has 6 heteroatoms. The summed E-state index contributed by atoms with van der Waals surface area (Å²) in [6.45, 7) is 4.59. The average Bonchev–Trinajstić information content (AvgIpc) is 3.19. The summed E-state index contributed by atoms with van der Waals surface area (Å²) >= 11 is 0. The Morgan fingerprint density at radius 3 is 2.88 bits per heavy atom. The Labute approximate surface area is 139 Å². The molecule has 4 nitrogen and oxygen atoms in total. The molecule has 0 aliphatic heterocycles. The number of nitrogens with one attached hydrogen (secondary N) is 1. The normalized spacial score (nSPS) is 19.5. The Hall–Kier alpha value is -2.24. The third-order valence-corrected chi connectivity index (χ3v) is 4.38. The van der Waals surface area contributed by atoms with Crippen LogP contribution in [0.1, 0.15) is 43.5 Å². The van der Waals surface area contributed by atoms with Crippen molar-refractivity contribution in [2.24, 2.45) is 5.92 Å². The maximum atomic E-state index is 13.8. The molecule has 2 aromatic rings. The molecule has 1 amide bonds. The molecule has 0 bridgehead atoms. The van der Waals surface area contributed by atoms with Crippen molar-refractivity contribution in [2.45, 2.75) is 38.6 Å². The quantitative estimate of drug-likeness (QED) is 0.882. The molecule has 24 heavy (non-hydrogen) atoms. The summed E-state index contributed by atoms with van der Waals surface area (Å²) in [6.07, 6.45) is 3.14. The number of halogens is 2. The van der Waals surface area contributed by atoms with Crippen LogP contribution < -0.4 is 5.32 Å². The van der Waals surface area contributed by atoms with Gasteiger partial charge in [-0.2, -0.15) is 5.10 Å². The largest absolute Gasteiger partial charge is 0.355 e.